The molecule has 2 N–H and O–H groups in total. The van der Waals surface area contributed by atoms with Crippen molar-refractivity contribution in [2.24, 2.45) is 0 Å². The zero-order valence-corrected chi connectivity index (χ0v) is 10.1. The van der Waals surface area contributed by atoms with Gasteiger partial charge in [0, 0.05) is 11.5 Å². The van der Waals surface area contributed by atoms with E-state index >= 15 is 0 Å². The minimum Gasteiger partial charge on any atom is -0.504 e. The first-order valence-corrected chi connectivity index (χ1v) is 5.60. The number of aromatic nitrogens is 1. The summed E-state index contributed by atoms with van der Waals surface area (Å²) >= 11 is 0. The molecule has 6 nitrogen and oxygen atoms in total. The van der Waals surface area contributed by atoms with Crippen molar-refractivity contribution < 1.29 is 14.6 Å². The van der Waals surface area contributed by atoms with Crippen molar-refractivity contribution >= 4 is 16.9 Å². The Morgan fingerprint density at radius 1 is 1.26 bits per heavy atom. The Balaban J connectivity index is 2.75. The molecule has 1 aromatic heterocycles. The summed E-state index contributed by atoms with van der Waals surface area (Å²) < 4.78 is 4.78. The molecule has 0 aliphatic carbocycles. The minimum absolute atomic E-state index is 0.00233. The number of rotatable bonds is 2. The molecule has 0 aliphatic heterocycles. The minimum atomic E-state index is -0.653. The van der Waals surface area contributed by atoms with Crippen molar-refractivity contribution in [3.63, 3.8) is 0 Å². The lowest BCUT2D eigenvalue weighted by Gasteiger charge is -2.02. The molecule has 98 valence electrons. The molecule has 1 heterocycles. The predicted molar refractivity (Wildman–Crippen MR) is 68.5 cm³/mol. The second-order valence-electron chi connectivity index (χ2n) is 3.82. The lowest BCUT2D eigenvalue weighted by Crippen LogP contribution is -2.12. The van der Waals surface area contributed by atoms with Gasteiger partial charge >= 0.3 is 5.97 Å². The Morgan fingerprint density at radius 2 is 2.00 bits per heavy atom. The van der Waals surface area contributed by atoms with Crippen LogP contribution in [0.25, 0.3) is 10.9 Å². The van der Waals surface area contributed by atoms with E-state index in [-0.39, 0.29) is 23.2 Å². The molecule has 0 spiro atoms. The first kappa shape index (κ1) is 12.8. The van der Waals surface area contributed by atoms with Crippen LogP contribution in [0.15, 0.2) is 33.9 Å². The molecule has 0 radical (unpaired) electrons. The molecule has 2 aromatic rings. The molecule has 19 heavy (non-hydrogen) atoms. The predicted octanol–water partition coefficient (Wildman–Crippen LogP) is 0.771. The molecule has 0 unspecified atom stereocenters. The summed E-state index contributed by atoms with van der Waals surface area (Å²) in [7, 11) is 0. The highest BCUT2D eigenvalue weighted by Crippen LogP contribution is 2.10. The molecule has 0 atom stereocenters. The van der Waals surface area contributed by atoms with Crippen LogP contribution in [0.5, 0.6) is 5.75 Å². The Kier molecular flexibility index (Phi) is 3.33. The highest BCUT2D eigenvalue weighted by Gasteiger charge is 2.10. The number of carbonyl (C=O) groups is 1. The first-order valence-electron chi connectivity index (χ1n) is 5.60. The third kappa shape index (κ3) is 2.47. The van der Waals surface area contributed by atoms with Crippen LogP contribution in [0.1, 0.15) is 17.4 Å². The van der Waals surface area contributed by atoms with Crippen LogP contribution in [0.4, 0.5) is 0 Å². The first-order chi connectivity index (χ1) is 9.02. The molecule has 0 bridgehead atoms. The van der Waals surface area contributed by atoms with E-state index in [1.165, 1.54) is 6.07 Å². The summed E-state index contributed by atoms with van der Waals surface area (Å²) in [5.41, 5.74) is -0.824. The Bertz CT molecular complexity index is 763. The van der Waals surface area contributed by atoms with E-state index < -0.39 is 22.6 Å². The number of nitrogens with one attached hydrogen (secondary N) is 1. The third-order valence-corrected chi connectivity index (χ3v) is 2.53. The van der Waals surface area contributed by atoms with Gasteiger partial charge < -0.3 is 14.8 Å². The summed E-state index contributed by atoms with van der Waals surface area (Å²) in [5, 5.41) is 9.53. The zero-order chi connectivity index (χ0) is 14.0. The normalized spacial score (nSPS) is 10.4. The fourth-order valence-electron chi connectivity index (χ4n) is 1.64. The van der Waals surface area contributed by atoms with Crippen LogP contribution in [-0.4, -0.2) is 22.7 Å². The summed E-state index contributed by atoms with van der Waals surface area (Å²) in [4.78, 5) is 37.4. The van der Waals surface area contributed by atoms with Crippen molar-refractivity contribution in [3.05, 3.63) is 50.4 Å². The van der Waals surface area contributed by atoms with Crippen LogP contribution in [0, 0.1) is 0 Å². The molecule has 0 fully saturated rings. The summed E-state index contributed by atoms with van der Waals surface area (Å²) in [6.07, 6.45) is 0. The van der Waals surface area contributed by atoms with Gasteiger partial charge in [0.1, 0.15) is 5.69 Å². The summed E-state index contributed by atoms with van der Waals surface area (Å²) in [6, 6.07) is 4.60. The van der Waals surface area contributed by atoms with E-state index in [9.17, 15) is 19.5 Å². The Labute approximate surface area is 107 Å². The van der Waals surface area contributed by atoms with E-state index in [4.69, 9.17) is 4.74 Å². The molecule has 2 rings (SSSR count). The van der Waals surface area contributed by atoms with Gasteiger partial charge in [0.15, 0.2) is 11.2 Å². The standard InChI is InChI=1S/C13H11NO5/c1-2-19-13(18)9-6-11(16)7-5-12(17)10(15)4-3-8(7)14-9/h3-6H,2H2,1H3,(H,14,16)(H,15,17). The Hall–Kier alpha value is -2.63. The second kappa shape index (κ2) is 4.93. The van der Waals surface area contributed by atoms with Crippen LogP contribution in [0.3, 0.4) is 0 Å². The maximum atomic E-state index is 11.9. The smallest absolute Gasteiger partial charge is 0.354 e. The fraction of sp³-hybridized carbons (Fsp3) is 0.154. The van der Waals surface area contributed by atoms with E-state index in [0.717, 1.165) is 18.2 Å². The molecule has 0 aliphatic rings. The molecular formula is C13H11NO5. The van der Waals surface area contributed by atoms with E-state index in [2.05, 4.69) is 4.98 Å². The number of ether oxygens (including phenoxy) is 1. The number of H-pyrrole nitrogens is 1. The van der Waals surface area contributed by atoms with Crippen molar-refractivity contribution in [2.75, 3.05) is 6.61 Å². The largest absolute Gasteiger partial charge is 0.504 e. The zero-order valence-electron chi connectivity index (χ0n) is 10.1. The summed E-state index contributed by atoms with van der Waals surface area (Å²) in [6.45, 7) is 1.84. The number of aromatic amines is 1. The molecule has 0 saturated carbocycles. The van der Waals surface area contributed by atoms with Gasteiger partial charge in [-0.05, 0) is 25.1 Å². The van der Waals surface area contributed by atoms with Crippen molar-refractivity contribution in [1.82, 2.24) is 4.98 Å². The highest BCUT2D eigenvalue weighted by molar-refractivity contribution is 5.91. The monoisotopic (exact) mass is 261 g/mol. The van der Waals surface area contributed by atoms with Crippen molar-refractivity contribution in [3.8, 4) is 5.75 Å². The SMILES string of the molecule is CCOC(=O)c1cc(=O)c2cc(O)c(=O)ccc2[nH]1. The van der Waals surface area contributed by atoms with Gasteiger partial charge in [-0.2, -0.15) is 0 Å². The lowest BCUT2D eigenvalue weighted by molar-refractivity contribution is 0.0520. The molecule has 0 amide bonds. The average Bonchev–Trinajstić information content (AvgIpc) is 2.51. The molecule has 6 heteroatoms. The Morgan fingerprint density at radius 3 is 2.68 bits per heavy atom. The van der Waals surface area contributed by atoms with E-state index in [1.807, 2.05) is 0 Å². The molecular weight excluding hydrogens is 250 g/mol. The topological polar surface area (TPSA) is 96.5 Å². The van der Waals surface area contributed by atoms with Crippen LogP contribution in [-0.2, 0) is 4.74 Å². The van der Waals surface area contributed by atoms with Crippen molar-refractivity contribution in [1.29, 1.82) is 0 Å². The quantitative estimate of drug-likeness (QED) is 0.778. The maximum absolute atomic E-state index is 11.9. The van der Waals surface area contributed by atoms with Gasteiger partial charge in [-0.1, -0.05) is 0 Å². The number of hydrogen-bond acceptors (Lipinski definition) is 5. The van der Waals surface area contributed by atoms with E-state index in [0.29, 0.717) is 0 Å². The van der Waals surface area contributed by atoms with Crippen LogP contribution < -0.4 is 10.9 Å². The van der Waals surface area contributed by atoms with Gasteiger partial charge in [0.05, 0.1) is 12.1 Å². The lowest BCUT2D eigenvalue weighted by atomic mass is 10.2. The van der Waals surface area contributed by atoms with Crippen LogP contribution >= 0.6 is 0 Å². The number of esters is 1. The number of hydrogen-bond donors (Lipinski definition) is 2. The fourth-order valence-corrected chi connectivity index (χ4v) is 1.64. The maximum Gasteiger partial charge on any atom is 0.354 e. The highest BCUT2D eigenvalue weighted by atomic mass is 16.5. The number of carbonyl (C=O) groups excluding carboxylic acids is 1. The number of pyridine rings is 1. The third-order valence-electron chi connectivity index (χ3n) is 2.53. The summed E-state index contributed by atoms with van der Waals surface area (Å²) in [5.74, 6) is -1.18. The number of aromatic hydroxyl groups is 1. The van der Waals surface area contributed by atoms with Gasteiger partial charge in [0.2, 0.25) is 5.43 Å². The average molecular weight is 261 g/mol. The van der Waals surface area contributed by atoms with Gasteiger partial charge in [0.25, 0.3) is 0 Å². The van der Waals surface area contributed by atoms with Crippen LogP contribution in [0.2, 0.25) is 0 Å². The van der Waals surface area contributed by atoms with Gasteiger partial charge in [-0.3, -0.25) is 9.59 Å². The van der Waals surface area contributed by atoms with Gasteiger partial charge in [-0.15, -0.1) is 0 Å². The van der Waals surface area contributed by atoms with Crippen molar-refractivity contribution in [2.45, 2.75) is 6.92 Å². The van der Waals surface area contributed by atoms with Gasteiger partial charge in [-0.25, -0.2) is 4.79 Å². The molecule has 0 saturated heterocycles. The second-order valence-corrected chi connectivity index (χ2v) is 3.82. The number of fused-ring (bicyclic) bond motifs is 1. The van der Waals surface area contributed by atoms with E-state index in [1.54, 1.807) is 6.92 Å². The molecule has 1 aromatic carbocycles.